The molecule has 1 aromatic carbocycles. The molecule has 0 aromatic heterocycles. The van der Waals surface area contributed by atoms with E-state index in [4.69, 9.17) is 0 Å². The highest BCUT2D eigenvalue weighted by atomic mass is 127. The lowest BCUT2D eigenvalue weighted by Crippen LogP contribution is -2.47. The second-order valence-electron chi connectivity index (χ2n) is 7.02. The van der Waals surface area contributed by atoms with Crippen molar-refractivity contribution in [1.82, 2.24) is 15.5 Å². The largest absolute Gasteiger partial charge is 0.355 e. The van der Waals surface area contributed by atoms with Gasteiger partial charge in [-0.25, -0.2) is 0 Å². The predicted octanol–water partition coefficient (Wildman–Crippen LogP) is 2.98. The zero-order valence-electron chi connectivity index (χ0n) is 16.8. The number of likely N-dealkylation sites (N-methyl/N-ethyl adjacent to an activating group) is 1. The first-order valence-electron chi connectivity index (χ1n) is 9.69. The van der Waals surface area contributed by atoms with Gasteiger partial charge in [-0.05, 0) is 31.9 Å². The molecule has 3 atom stereocenters. The molecule has 0 amide bonds. The first kappa shape index (κ1) is 24.4. The van der Waals surface area contributed by atoms with Crippen molar-refractivity contribution in [3.05, 3.63) is 35.9 Å². The number of nitrogens with zero attached hydrogens (tertiary/aromatic N) is 2. The second-order valence-corrected chi connectivity index (χ2v) is 9.03. The van der Waals surface area contributed by atoms with E-state index in [9.17, 15) is 4.21 Å². The Morgan fingerprint density at radius 2 is 2.04 bits per heavy atom. The van der Waals surface area contributed by atoms with Gasteiger partial charge in [0.05, 0.1) is 0 Å². The maximum atomic E-state index is 12.1. The maximum Gasteiger partial charge on any atom is 0.191 e. The molecule has 1 fully saturated rings. The Labute approximate surface area is 184 Å². The summed E-state index contributed by atoms with van der Waals surface area (Å²) in [6, 6.07) is 10.9. The topological polar surface area (TPSA) is 56.7 Å². The molecule has 1 aromatic rings. The van der Waals surface area contributed by atoms with Gasteiger partial charge in [0, 0.05) is 54.5 Å². The standard InChI is InChI=1S/C20H34N4OS.HI/c1-4-26(25)19-12-8-11-18(15-19)23-20(21-2)22-13-14-24(3)16-17-9-6-5-7-10-17;/h5-7,9-10,18-19H,4,8,11-16H2,1-3H3,(H2,21,22,23);1H. The van der Waals surface area contributed by atoms with Crippen molar-refractivity contribution in [3.63, 3.8) is 0 Å². The summed E-state index contributed by atoms with van der Waals surface area (Å²) in [6.07, 6.45) is 4.35. The van der Waals surface area contributed by atoms with Crippen molar-refractivity contribution < 1.29 is 4.21 Å². The van der Waals surface area contributed by atoms with Crippen LogP contribution in [0.4, 0.5) is 0 Å². The molecule has 2 N–H and O–H groups in total. The maximum absolute atomic E-state index is 12.1. The third-order valence-corrected chi connectivity index (χ3v) is 6.67. The fourth-order valence-corrected chi connectivity index (χ4v) is 4.83. The average molecular weight is 506 g/mol. The smallest absolute Gasteiger partial charge is 0.191 e. The molecule has 0 aliphatic heterocycles. The lowest BCUT2D eigenvalue weighted by molar-refractivity contribution is 0.330. The Bertz CT molecular complexity index is 585. The van der Waals surface area contributed by atoms with Crippen LogP contribution in [0, 0.1) is 0 Å². The molecule has 27 heavy (non-hydrogen) atoms. The lowest BCUT2D eigenvalue weighted by Gasteiger charge is -2.30. The number of hydrogen-bond acceptors (Lipinski definition) is 3. The van der Waals surface area contributed by atoms with Gasteiger partial charge in [0.2, 0.25) is 0 Å². The molecule has 2 rings (SSSR count). The van der Waals surface area contributed by atoms with E-state index in [0.29, 0.717) is 11.3 Å². The van der Waals surface area contributed by atoms with Crippen LogP contribution in [-0.4, -0.2) is 59.3 Å². The molecule has 0 heterocycles. The van der Waals surface area contributed by atoms with Crippen LogP contribution in [0.5, 0.6) is 0 Å². The monoisotopic (exact) mass is 506 g/mol. The van der Waals surface area contributed by atoms with Gasteiger partial charge in [-0.15, -0.1) is 24.0 Å². The van der Waals surface area contributed by atoms with Crippen LogP contribution < -0.4 is 10.6 Å². The highest BCUT2D eigenvalue weighted by Gasteiger charge is 2.25. The highest BCUT2D eigenvalue weighted by Crippen LogP contribution is 2.22. The zero-order chi connectivity index (χ0) is 18.8. The normalized spacial score (nSPS) is 21.4. The molecule has 1 aliphatic rings. The van der Waals surface area contributed by atoms with E-state index in [2.05, 4.69) is 51.8 Å². The van der Waals surface area contributed by atoms with E-state index in [1.54, 1.807) is 0 Å². The van der Waals surface area contributed by atoms with E-state index >= 15 is 0 Å². The molecule has 5 nitrogen and oxygen atoms in total. The third kappa shape index (κ3) is 8.91. The number of nitrogens with one attached hydrogen (secondary N) is 2. The Morgan fingerprint density at radius 3 is 2.70 bits per heavy atom. The molecule has 0 radical (unpaired) electrons. The molecular formula is C20H35IN4OS. The van der Waals surface area contributed by atoms with Gasteiger partial charge in [-0.2, -0.15) is 0 Å². The van der Waals surface area contributed by atoms with E-state index in [1.165, 1.54) is 5.56 Å². The molecule has 0 bridgehead atoms. The molecule has 0 saturated heterocycles. The quantitative estimate of drug-likeness (QED) is 0.324. The van der Waals surface area contributed by atoms with Crippen LogP contribution in [0.3, 0.4) is 0 Å². The summed E-state index contributed by atoms with van der Waals surface area (Å²) in [5, 5.41) is 7.27. The SMILES string of the molecule is CCS(=O)C1CCCC(NC(=NC)NCCN(C)Cc2ccccc2)C1.I. The fraction of sp³-hybridized carbons (Fsp3) is 0.650. The summed E-state index contributed by atoms with van der Waals surface area (Å²) < 4.78 is 12.1. The number of halogens is 1. The minimum atomic E-state index is -0.689. The van der Waals surface area contributed by atoms with Gasteiger partial charge in [-0.1, -0.05) is 43.7 Å². The molecule has 1 aliphatic carbocycles. The number of hydrogen-bond donors (Lipinski definition) is 2. The number of guanidine groups is 1. The van der Waals surface area contributed by atoms with Gasteiger partial charge < -0.3 is 15.5 Å². The number of benzene rings is 1. The third-order valence-electron chi connectivity index (χ3n) is 4.93. The molecule has 0 spiro atoms. The molecule has 154 valence electrons. The van der Waals surface area contributed by atoms with Crippen molar-refractivity contribution >= 4 is 40.7 Å². The Balaban J connectivity index is 0.00000364. The summed E-state index contributed by atoms with van der Waals surface area (Å²) in [5.74, 6) is 1.61. The van der Waals surface area contributed by atoms with Crippen molar-refractivity contribution in [3.8, 4) is 0 Å². The fourth-order valence-electron chi connectivity index (χ4n) is 3.48. The lowest BCUT2D eigenvalue weighted by atomic mass is 9.95. The van der Waals surface area contributed by atoms with Gasteiger partial charge in [0.1, 0.15) is 0 Å². The van der Waals surface area contributed by atoms with Crippen LogP contribution in [0.15, 0.2) is 35.3 Å². The van der Waals surface area contributed by atoms with Crippen LogP contribution in [0.2, 0.25) is 0 Å². The Hall–Kier alpha value is -0.670. The Kier molecular flexibility index (Phi) is 12.2. The molecule has 7 heteroatoms. The first-order chi connectivity index (χ1) is 12.6. The minimum Gasteiger partial charge on any atom is -0.355 e. The number of rotatable bonds is 8. The van der Waals surface area contributed by atoms with Crippen molar-refractivity contribution in [1.29, 1.82) is 0 Å². The average Bonchev–Trinajstić information content (AvgIpc) is 2.67. The van der Waals surface area contributed by atoms with Crippen LogP contribution in [0.25, 0.3) is 0 Å². The zero-order valence-corrected chi connectivity index (χ0v) is 20.0. The van der Waals surface area contributed by atoms with Gasteiger partial charge >= 0.3 is 0 Å². The van der Waals surface area contributed by atoms with Crippen molar-refractivity contribution in [2.24, 2.45) is 4.99 Å². The molecule has 1 saturated carbocycles. The minimum absolute atomic E-state index is 0. The van der Waals surface area contributed by atoms with E-state index in [1.807, 2.05) is 20.0 Å². The predicted molar refractivity (Wildman–Crippen MR) is 127 cm³/mol. The molecule has 3 unspecified atom stereocenters. The highest BCUT2D eigenvalue weighted by molar-refractivity contribution is 14.0. The Morgan fingerprint density at radius 1 is 1.30 bits per heavy atom. The van der Waals surface area contributed by atoms with Gasteiger partial charge in [0.25, 0.3) is 0 Å². The van der Waals surface area contributed by atoms with Gasteiger partial charge in [0.15, 0.2) is 5.96 Å². The van der Waals surface area contributed by atoms with Crippen LogP contribution in [0.1, 0.15) is 38.2 Å². The van der Waals surface area contributed by atoms with Crippen molar-refractivity contribution in [2.45, 2.75) is 50.4 Å². The summed E-state index contributed by atoms with van der Waals surface area (Å²) in [5.41, 5.74) is 1.33. The summed E-state index contributed by atoms with van der Waals surface area (Å²) in [4.78, 5) is 6.66. The van der Waals surface area contributed by atoms with Gasteiger partial charge in [-0.3, -0.25) is 9.20 Å². The summed E-state index contributed by atoms with van der Waals surface area (Å²) >= 11 is 0. The van der Waals surface area contributed by atoms with E-state index in [0.717, 1.165) is 57.0 Å². The van der Waals surface area contributed by atoms with Crippen LogP contribution in [-0.2, 0) is 17.3 Å². The summed E-state index contributed by atoms with van der Waals surface area (Å²) in [7, 11) is 3.26. The van der Waals surface area contributed by atoms with Crippen molar-refractivity contribution in [2.75, 3.05) is 32.9 Å². The van der Waals surface area contributed by atoms with Crippen LogP contribution >= 0.6 is 24.0 Å². The molecular weight excluding hydrogens is 471 g/mol. The summed E-state index contributed by atoms with van der Waals surface area (Å²) in [6.45, 7) is 4.75. The van der Waals surface area contributed by atoms with E-state index in [-0.39, 0.29) is 24.0 Å². The first-order valence-corrected chi connectivity index (χ1v) is 11.1. The second kappa shape index (κ2) is 13.5. The van der Waals surface area contributed by atoms with E-state index < -0.39 is 10.8 Å². The number of aliphatic imine (C=N–C) groups is 1.